The van der Waals surface area contributed by atoms with Crippen LogP contribution < -0.4 is 10.6 Å². The molecule has 146 valence electrons. The van der Waals surface area contributed by atoms with Crippen molar-refractivity contribution < 1.29 is 9.59 Å². The number of hydrogen-bond acceptors (Lipinski definition) is 4. The number of nitriles is 1. The molecule has 4 aromatic rings. The van der Waals surface area contributed by atoms with Gasteiger partial charge in [-0.05, 0) is 43.3 Å². The summed E-state index contributed by atoms with van der Waals surface area (Å²) in [5.41, 5.74) is 3.01. The largest absolute Gasteiger partial charge is 0.319 e. The van der Waals surface area contributed by atoms with Gasteiger partial charge in [-0.2, -0.15) is 5.26 Å². The number of fused-ring (bicyclic) bond motifs is 1. The third-order valence-electron chi connectivity index (χ3n) is 4.57. The molecule has 0 atom stereocenters. The highest BCUT2D eigenvalue weighted by Gasteiger charge is 2.22. The Bertz CT molecular complexity index is 1300. The molecule has 0 aliphatic heterocycles. The van der Waals surface area contributed by atoms with E-state index in [0.717, 1.165) is 5.56 Å². The van der Waals surface area contributed by atoms with E-state index < -0.39 is 11.8 Å². The molecule has 0 aliphatic rings. The van der Waals surface area contributed by atoms with Crippen LogP contribution in [0.15, 0.2) is 72.9 Å². The lowest BCUT2D eigenvalue weighted by molar-refractivity contribution is 0.101. The van der Waals surface area contributed by atoms with E-state index in [9.17, 15) is 14.9 Å². The molecule has 0 saturated heterocycles. The second-order valence-electron chi connectivity index (χ2n) is 6.67. The Kier molecular flexibility index (Phi) is 4.97. The smallest absolute Gasteiger partial charge is 0.292 e. The maximum absolute atomic E-state index is 12.9. The third-order valence-corrected chi connectivity index (χ3v) is 4.57. The van der Waals surface area contributed by atoms with E-state index in [1.54, 1.807) is 65.2 Å². The summed E-state index contributed by atoms with van der Waals surface area (Å²) in [7, 11) is 0. The molecule has 2 heterocycles. The van der Waals surface area contributed by atoms with Crippen molar-refractivity contribution in [1.29, 1.82) is 5.26 Å². The second kappa shape index (κ2) is 7.89. The summed E-state index contributed by atoms with van der Waals surface area (Å²) in [6.45, 7) is 1.96. The fraction of sp³-hybridized carbons (Fsp3) is 0.0435. The van der Waals surface area contributed by atoms with E-state index >= 15 is 0 Å². The van der Waals surface area contributed by atoms with Gasteiger partial charge >= 0.3 is 0 Å². The number of aromatic nitrogens is 2. The molecule has 30 heavy (non-hydrogen) atoms. The monoisotopic (exact) mass is 395 g/mol. The molecule has 7 nitrogen and oxygen atoms in total. The summed E-state index contributed by atoms with van der Waals surface area (Å²) in [5.74, 6) is -0.850. The Hall–Kier alpha value is -4.44. The predicted octanol–water partition coefficient (Wildman–Crippen LogP) is 4.02. The van der Waals surface area contributed by atoms with E-state index in [-0.39, 0.29) is 11.5 Å². The fourth-order valence-corrected chi connectivity index (χ4v) is 3.06. The van der Waals surface area contributed by atoms with E-state index in [2.05, 4.69) is 15.6 Å². The SMILES string of the molecule is Cc1ccc(NC(=O)c2nc(C(=O)Nc3ccccc3C#N)c3ccccn23)cc1. The maximum atomic E-state index is 12.9. The molecule has 0 fully saturated rings. The topological polar surface area (TPSA) is 99.3 Å². The lowest BCUT2D eigenvalue weighted by Crippen LogP contribution is -2.16. The molecule has 0 unspecified atom stereocenters. The number of amides is 2. The summed E-state index contributed by atoms with van der Waals surface area (Å²) in [6, 6.07) is 21.3. The van der Waals surface area contributed by atoms with Crippen LogP contribution in [0.4, 0.5) is 11.4 Å². The van der Waals surface area contributed by atoms with Crippen LogP contribution in [0.3, 0.4) is 0 Å². The molecule has 0 radical (unpaired) electrons. The molecular formula is C23H17N5O2. The minimum Gasteiger partial charge on any atom is -0.319 e. The van der Waals surface area contributed by atoms with Gasteiger partial charge in [0.05, 0.1) is 16.8 Å². The fourth-order valence-electron chi connectivity index (χ4n) is 3.06. The lowest BCUT2D eigenvalue weighted by atomic mass is 10.2. The normalized spacial score (nSPS) is 10.4. The van der Waals surface area contributed by atoms with Crippen LogP contribution in [0.5, 0.6) is 0 Å². The standard InChI is InChI=1S/C23H17N5O2/c1-15-9-11-17(12-10-15)25-23(30)21-27-20(19-8-4-5-13-28(19)21)22(29)26-18-7-3-2-6-16(18)14-24/h2-13H,1H3,(H,25,30)(H,26,29). The van der Waals surface area contributed by atoms with Gasteiger partial charge in [0.25, 0.3) is 11.8 Å². The van der Waals surface area contributed by atoms with Gasteiger partial charge in [0.15, 0.2) is 5.69 Å². The molecule has 0 saturated carbocycles. The van der Waals surface area contributed by atoms with Crippen molar-refractivity contribution in [2.24, 2.45) is 0 Å². The van der Waals surface area contributed by atoms with Crippen molar-refractivity contribution >= 4 is 28.7 Å². The molecular weight excluding hydrogens is 378 g/mol. The molecule has 2 amide bonds. The third kappa shape index (κ3) is 3.62. The van der Waals surface area contributed by atoms with Crippen molar-refractivity contribution in [1.82, 2.24) is 9.38 Å². The number of nitrogens with one attached hydrogen (secondary N) is 2. The average Bonchev–Trinajstić information content (AvgIpc) is 3.16. The van der Waals surface area contributed by atoms with E-state index in [4.69, 9.17) is 0 Å². The van der Waals surface area contributed by atoms with E-state index in [1.807, 2.05) is 25.1 Å². The summed E-state index contributed by atoms with van der Waals surface area (Å²) >= 11 is 0. The Morgan fingerprint density at radius 2 is 1.67 bits per heavy atom. The molecule has 0 spiro atoms. The molecule has 7 heteroatoms. The number of carbonyl (C=O) groups excluding carboxylic acids is 2. The lowest BCUT2D eigenvalue weighted by Gasteiger charge is -2.05. The maximum Gasteiger partial charge on any atom is 0.292 e. The number of aryl methyl sites for hydroxylation is 1. The number of rotatable bonds is 4. The van der Waals surface area contributed by atoms with Crippen LogP contribution in [0.25, 0.3) is 5.52 Å². The molecule has 2 aromatic heterocycles. The van der Waals surface area contributed by atoms with Crippen LogP contribution in [0.1, 0.15) is 32.2 Å². The zero-order valence-electron chi connectivity index (χ0n) is 16.1. The number of benzene rings is 2. The van der Waals surface area contributed by atoms with Gasteiger partial charge in [-0.25, -0.2) is 4.98 Å². The van der Waals surface area contributed by atoms with Crippen molar-refractivity contribution in [2.75, 3.05) is 10.6 Å². The number of carbonyl (C=O) groups is 2. The Balaban J connectivity index is 1.68. The van der Waals surface area contributed by atoms with Crippen molar-refractivity contribution in [3.8, 4) is 6.07 Å². The number of pyridine rings is 1. The number of imidazole rings is 1. The van der Waals surface area contributed by atoms with Crippen LogP contribution in [0.2, 0.25) is 0 Å². The van der Waals surface area contributed by atoms with Crippen LogP contribution in [-0.2, 0) is 0 Å². The number of para-hydroxylation sites is 1. The van der Waals surface area contributed by atoms with E-state index in [1.165, 1.54) is 0 Å². The zero-order valence-corrected chi connectivity index (χ0v) is 16.1. The van der Waals surface area contributed by atoms with Gasteiger partial charge in [0.1, 0.15) is 6.07 Å². The summed E-state index contributed by atoms with van der Waals surface area (Å²) in [5, 5.41) is 14.7. The highest BCUT2D eigenvalue weighted by Crippen LogP contribution is 2.19. The first-order valence-electron chi connectivity index (χ1n) is 9.22. The average molecular weight is 395 g/mol. The highest BCUT2D eigenvalue weighted by atomic mass is 16.2. The molecule has 2 N–H and O–H groups in total. The molecule has 2 aromatic carbocycles. The summed E-state index contributed by atoms with van der Waals surface area (Å²) < 4.78 is 1.56. The zero-order chi connectivity index (χ0) is 21.1. The molecule has 4 rings (SSSR count). The first kappa shape index (κ1) is 18.9. The van der Waals surface area contributed by atoms with Crippen LogP contribution in [0, 0.1) is 18.3 Å². The van der Waals surface area contributed by atoms with Gasteiger partial charge in [0, 0.05) is 11.9 Å². The molecule has 0 bridgehead atoms. The quantitative estimate of drug-likeness (QED) is 0.545. The first-order chi connectivity index (χ1) is 14.6. The van der Waals surface area contributed by atoms with Crippen molar-refractivity contribution in [2.45, 2.75) is 6.92 Å². The number of nitrogens with zero attached hydrogens (tertiary/aromatic N) is 3. The second-order valence-corrected chi connectivity index (χ2v) is 6.67. The van der Waals surface area contributed by atoms with Crippen LogP contribution in [-0.4, -0.2) is 21.2 Å². The number of hydrogen-bond donors (Lipinski definition) is 2. The minimum atomic E-state index is -0.504. The number of anilines is 2. The predicted molar refractivity (Wildman–Crippen MR) is 113 cm³/mol. The Morgan fingerprint density at radius 1 is 0.933 bits per heavy atom. The van der Waals surface area contributed by atoms with Gasteiger partial charge in [-0.1, -0.05) is 35.9 Å². The van der Waals surface area contributed by atoms with Crippen molar-refractivity contribution in [3.63, 3.8) is 0 Å². The Morgan fingerprint density at radius 3 is 2.43 bits per heavy atom. The van der Waals surface area contributed by atoms with Gasteiger partial charge in [-0.15, -0.1) is 0 Å². The highest BCUT2D eigenvalue weighted by molar-refractivity contribution is 6.10. The van der Waals surface area contributed by atoms with Crippen molar-refractivity contribution in [3.05, 3.63) is 95.6 Å². The summed E-state index contributed by atoms with van der Waals surface area (Å²) in [4.78, 5) is 30.0. The Labute approximate surface area is 172 Å². The van der Waals surface area contributed by atoms with Gasteiger partial charge in [0.2, 0.25) is 5.82 Å². The molecule has 0 aliphatic carbocycles. The van der Waals surface area contributed by atoms with Gasteiger partial charge in [-0.3, -0.25) is 14.0 Å². The minimum absolute atomic E-state index is 0.0879. The van der Waals surface area contributed by atoms with Crippen LogP contribution >= 0.6 is 0 Å². The van der Waals surface area contributed by atoms with Gasteiger partial charge < -0.3 is 10.6 Å². The van der Waals surface area contributed by atoms with E-state index in [0.29, 0.717) is 22.5 Å². The summed E-state index contributed by atoms with van der Waals surface area (Å²) in [6.07, 6.45) is 1.67. The first-order valence-corrected chi connectivity index (χ1v) is 9.22.